The smallest absolute Gasteiger partial charge is 0.158 e. The van der Waals surface area contributed by atoms with Crippen molar-refractivity contribution in [1.29, 1.82) is 0 Å². The summed E-state index contributed by atoms with van der Waals surface area (Å²) in [4.78, 5) is 0. The predicted molar refractivity (Wildman–Crippen MR) is 59.5 cm³/mol. The molecular weight excluding hydrogens is 188 g/mol. The lowest BCUT2D eigenvalue weighted by atomic mass is 10.1. The number of benzene rings is 1. The molecule has 1 aromatic carbocycles. The standard InChI is InChI=1S/C13H18O2/c1-2-3-9-13-14-10-12(15-13)11-7-5-4-6-8-11/h4-8,12-13H,2-3,9-10H2,1H3/t12-,13+/m1/s1. The van der Waals surface area contributed by atoms with E-state index in [0.29, 0.717) is 6.61 Å². The number of unbranched alkanes of at least 4 members (excludes halogenated alkanes) is 1. The Labute approximate surface area is 91.2 Å². The summed E-state index contributed by atoms with van der Waals surface area (Å²) in [7, 11) is 0. The van der Waals surface area contributed by atoms with Crippen molar-refractivity contribution in [2.75, 3.05) is 6.61 Å². The lowest BCUT2D eigenvalue weighted by Crippen LogP contribution is -2.07. The van der Waals surface area contributed by atoms with E-state index < -0.39 is 0 Å². The molecule has 1 heterocycles. The van der Waals surface area contributed by atoms with Gasteiger partial charge >= 0.3 is 0 Å². The van der Waals surface area contributed by atoms with E-state index in [9.17, 15) is 0 Å². The van der Waals surface area contributed by atoms with Gasteiger partial charge in [0.15, 0.2) is 6.29 Å². The van der Waals surface area contributed by atoms with Crippen LogP contribution in [0.3, 0.4) is 0 Å². The van der Waals surface area contributed by atoms with Crippen LogP contribution in [0.5, 0.6) is 0 Å². The molecule has 0 unspecified atom stereocenters. The van der Waals surface area contributed by atoms with E-state index >= 15 is 0 Å². The van der Waals surface area contributed by atoms with Gasteiger partial charge in [0.2, 0.25) is 0 Å². The Morgan fingerprint density at radius 1 is 1.27 bits per heavy atom. The van der Waals surface area contributed by atoms with Crippen molar-refractivity contribution in [3.8, 4) is 0 Å². The van der Waals surface area contributed by atoms with Crippen LogP contribution in [0.1, 0.15) is 37.9 Å². The van der Waals surface area contributed by atoms with Crippen molar-refractivity contribution < 1.29 is 9.47 Å². The molecule has 1 aromatic rings. The minimum absolute atomic E-state index is 0.00940. The Bertz CT molecular complexity index is 284. The van der Waals surface area contributed by atoms with Crippen molar-refractivity contribution in [3.63, 3.8) is 0 Å². The number of ether oxygens (including phenoxy) is 2. The highest BCUT2D eigenvalue weighted by atomic mass is 16.7. The molecule has 2 rings (SSSR count). The predicted octanol–water partition coefficient (Wildman–Crippen LogP) is 3.29. The molecule has 0 bridgehead atoms. The van der Waals surface area contributed by atoms with Crippen LogP contribution in [-0.4, -0.2) is 12.9 Å². The van der Waals surface area contributed by atoms with Crippen LogP contribution in [-0.2, 0) is 9.47 Å². The Kier molecular flexibility index (Phi) is 3.75. The second-order valence-electron chi connectivity index (χ2n) is 3.94. The summed E-state index contributed by atoms with van der Waals surface area (Å²) in [6.45, 7) is 2.88. The molecule has 0 radical (unpaired) electrons. The minimum atomic E-state index is 0.00940. The normalized spacial score (nSPS) is 25.7. The molecule has 15 heavy (non-hydrogen) atoms. The Morgan fingerprint density at radius 2 is 2.07 bits per heavy atom. The molecule has 2 nitrogen and oxygen atoms in total. The summed E-state index contributed by atoms with van der Waals surface area (Å²) in [5, 5.41) is 0. The summed E-state index contributed by atoms with van der Waals surface area (Å²) in [6, 6.07) is 10.3. The SMILES string of the molecule is CCCC[C@H]1OC[C@H](c2ccccc2)O1. The largest absolute Gasteiger partial charge is 0.350 e. The molecule has 0 spiro atoms. The highest BCUT2D eigenvalue weighted by molar-refractivity contribution is 5.18. The molecule has 82 valence electrons. The summed E-state index contributed by atoms with van der Waals surface area (Å²) >= 11 is 0. The first-order valence-corrected chi connectivity index (χ1v) is 5.72. The van der Waals surface area contributed by atoms with Crippen molar-refractivity contribution in [2.45, 2.75) is 38.6 Å². The first-order chi connectivity index (χ1) is 7.40. The van der Waals surface area contributed by atoms with Gasteiger partial charge in [-0.05, 0) is 18.4 Å². The maximum absolute atomic E-state index is 5.83. The molecule has 1 saturated heterocycles. The zero-order chi connectivity index (χ0) is 10.5. The van der Waals surface area contributed by atoms with Crippen molar-refractivity contribution in [3.05, 3.63) is 35.9 Å². The minimum Gasteiger partial charge on any atom is -0.350 e. The van der Waals surface area contributed by atoms with E-state index in [1.54, 1.807) is 0 Å². The van der Waals surface area contributed by atoms with Crippen LogP contribution in [0.15, 0.2) is 30.3 Å². The van der Waals surface area contributed by atoms with Gasteiger partial charge in [-0.25, -0.2) is 0 Å². The lowest BCUT2D eigenvalue weighted by Gasteiger charge is -2.10. The highest BCUT2D eigenvalue weighted by Crippen LogP contribution is 2.28. The molecule has 2 heteroatoms. The van der Waals surface area contributed by atoms with Crippen LogP contribution in [0.4, 0.5) is 0 Å². The average molecular weight is 206 g/mol. The highest BCUT2D eigenvalue weighted by Gasteiger charge is 2.26. The summed E-state index contributed by atoms with van der Waals surface area (Å²) in [6.07, 6.45) is 3.52. The molecule has 2 atom stereocenters. The van der Waals surface area contributed by atoms with Crippen molar-refractivity contribution in [1.82, 2.24) is 0 Å². The zero-order valence-electron chi connectivity index (χ0n) is 9.19. The maximum Gasteiger partial charge on any atom is 0.158 e. The number of hydrogen-bond acceptors (Lipinski definition) is 2. The quantitative estimate of drug-likeness (QED) is 0.752. The topological polar surface area (TPSA) is 18.5 Å². The molecule has 0 aliphatic carbocycles. The number of rotatable bonds is 4. The van der Waals surface area contributed by atoms with Crippen LogP contribution in [0, 0.1) is 0 Å². The summed E-state index contributed by atoms with van der Waals surface area (Å²) in [5.74, 6) is 0. The van der Waals surface area contributed by atoms with Crippen LogP contribution < -0.4 is 0 Å². The first-order valence-electron chi connectivity index (χ1n) is 5.72. The maximum atomic E-state index is 5.83. The Balaban J connectivity index is 1.87. The van der Waals surface area contributed by atoms with Gasteiger partial charge in [-0.2, -0.15) is 0 Å². The van der Waals surface area contributed by atoms with E-state index in [1.807, 2.05) is 18.2 Å². The second-order valence-corrected chi connectivity index (χ2v) is 3.94. The zero-order valence-corrected chi connectivity index (χ0v) is 9.19. The van der Waals surface area contributed by atoms with E-state index in [0.717, 1.165) is 6.42 Å². The molecule has 1 fully saturated rings. The van der Waals surface area contributed by atoms with Gasteiger partial charge in [0.1, 0.15) is 6.10 Å². The van der Waals surface area contributed by atoms with E-state index in [2.05, 4.69) is 19.1 Å². The average Bonchev–Trinajstić information content (AvgIpc) is 2.76. The van der Waals surface area contributed by atoms with Crippen LogP contribution in [0.2, 0.25) is 0 Å². The monoisotopic (exact) mass is 206 g/mol. The Morgan fingerprint density at radius 3 is 2.80 bits per heavy atom. The summed E-state index contributed by atoms with van der Waals surface area (Å²) < 4.78 is 11.4. The molecular formula is C13H18O2. The van der Waals surface area contributed by atoms with E-state index in [1.165, 1.54) is 18.4 Å². The van der Waals surface area contributed by atoms with Gasteiger partial charge in [0.05, 0.1) is 6.61 Å². The fraction of sp³-hybridized carbons (Fsp3) is 0.538. The third kappa shape index (κ3) is 2.80. The van der Waals surface area contributed by atoms with Gasteiger partial charge in [0.25, 0.3) is 0 Å². The third-order valence-electron chi connectivity index (χ3n) is 2.71. The Hall–Kier alpha value is -0.860. The van der Waals surface area contributed by atoms with Crippen LogP contribution in [0.25, 0.3) is 0 Å². The van der Waals surface area contributed by atoms with Gasteiger partial charge in [-0.3, -0.25) is 0 Å². The lowest BCUT2D eigenvalue weighted by molar-refractivity contribution is -0.0635. The van der Waals surface area contributed by atoms with Crippen molar-refractivity contribution >= 4 is 0 Å². The molecule has 1 aliphatic rings. The molecule has 0 saturated carbocycles. The molecule has 0 amide bonds. The number of hydrogen-bond donors (Lipinski definition) is 0. The summed E-state index contributed by atoms with van der Waals surface area (Å²) in [5.41, 5.74) is 1.22. The molecule has 0 aromatic heterocycles. The third-order valence-corrected chi connectivity index (χ3v) is 2.71. The molecule has 0 N–H and O–H groups in total. The first kappa shape index (κ1) is 10.7. The fourth-order valence-electron chi connectivity index (χ4n) is 1.82. The van der Waals surface area contributed by atoms with Gasteiger partial charge in [-0.1, -0.05) is 43.7 Å². The fourth-order valence-corrected chi connectivity index (χ4v) is 1.82. The van der Waals surface area contributed by atoms with Gasteiger partial charge in [0, 0.05) is 0 Å². The van der Waals surface area contributed by atoms with Crippen LogP contribution >= 0.6 is 0 Å². The van der Waals surface area contributed by atoms with Crippen molar-refractivity contribution in [2.24, 2.45) is 0 Å². The van der Waals surface area contributed by atoms with E-state index in [4.69, 9.17) is 9.47 Å². The van der Waals surface area contributed by atoms with Gasteiger partial charge in [-0.15, -0.1) is 0 Å². The van der Waals surface area contributed by atoms with E-state index in [-0.39, 0.29) is 12.4 Å². The molecule has 1 aliphatic heterocycles. The second kappa shape index (κ2) is 5.29. The van der Waals surface area contributed by atoms with Gasteiger partial charge < -0.3 is 9.47 Å².